The van der Waals surface area contributed by atoms with Crippen LogP contribution in [0.25, 0.3) is 0 Å². The minimum atomic E-state index is -1.07. The van der Waals surface area contributed by atoms with Crippen LogP contribution in [0, 0.1) is 17.8 Å². The van der Waals surface area contributed by atoms with E-state index in [2.05, 4.69) is 10.6 Å². The Labute approximate surface area is 142 Å². The summed E-state index contributed by atoms with van der Waals surface area (Å²) >= 11 is 0. The van der Waals surface area contributed by atoms with Crippen LogP contribution in [0.4, 0.5) is 4.79 Å². The summed E-state index contributed by atoms with van der Waals surface area (Å²) in [5.74, 6) is -3.44. The van der Waals surface area contributed by atoms with Gasteiger partial charge in [-0.05, 0) is 26.7 Å². The Hall–Kier alpha value is -1.92. The molecule has 1 aliphatic rings. The third-order valence-electron chi connectivity index (χ3n) is 4.25. The summed E-state index contributed by atoms with van der Waals surface area (Å²) in [5.41, 5.74) is -0.695. The molecule has 3 atom stereocenters. The lowest BCUT2D eigenvalue weighted by Gasteiger charge is -2.29. The van der Waals surface area contributed by atoms with E-state index >= 15 is 0 Å². The summed E-state index contributed by atoms with van der Waals surface area (Å²) in [4.78, 5) is 48.6. The van der Waals surface area contributed by atoms with Crippen molar-refractivity contribution < 1.29 is 23.9 Å². The van der Waals surface area contributed by atoms with Gasteiger partial charge in [0.1, 0.15) is 11.5 Å². The average Bonchev–Trinajstić information content (AvgIpc) is 2.69. The summed E-state index contributed by atoms with van der Waals surface area (Å²) in [6, 6.07) is -0.862. The first-order valence-electron chi connectivity index (χ1n) is 8.39. The largest absolute Gasteiger partial charge is 0.444 e. The number of amides is 3. The Morgan fingerprint density at radius 2 is 1.71 bits per heavy atom. The predicted molar refractivity (Wildman–Crippen MR) is 88.0 cm³/mol. The number of nitrogens with one attached hydrogen (secondary N) is 2. The molecule has 136 valence electrons. The van der Waals surface area contributed by atoms with Crippen molar-refractivity contribution in [1.29, 1.82) is 0 Å². The lowest BCUT2D eigenvalue weighted by Crippen LogP contribution is -2.51. The van der Waals surface area contributed by atoms with Crippen molar-refractivity contribution in [2.24, 2.45) is 17.8 Å². The number of imide groups is 1. The van der Waals surface area contributed by atoms with Gasteiger partial charge < -0.3 is 10.1 Å². The van der Waals surface area contributed by atoms with Crippen LogP contribution in [0.2, 0.25) is 0 Å². The zero-order valence-electron chi connectivity index (χ0n) is 15.3. The second-order valence-electron chi connectivity index (χ2n) is 7.22. The molecule has 1 rings (SSSR count). The van der Waals surface area contributed by atoms with Gasteiger partial charge in [-0.25, -0.2) is 4.79 Å². The van der Waals surface area contributed by atoms with Gasteiger partial charge in [-0.2, -0.15) is 0 Å². The number of carbonyl (C=O) groups excluding carboxylic acids is 4. The molecule has 0 aromatic carbocycles. The molecule has 0 aliphatic carbocycles. The standard InChI is InChI=1S/C17H28N2O5/c1-7-10(8-2)12(18-16(23)24-17(4,5)6)13(20)11-9(3)14(21)19-15(11)22/h9-12H,7-8H2,1-6H3,(H,18,23)(H,19,21,22)/t9-,11+,12?/m0/s1. The van der Waals surface area contributed by atoms with Crippen LogP contribution < -0.4 is 10.6 Å². The van der Waals surface area contributed by atoms with E-state index in [9.17, 15) is 19.2 Å². The van der Waals surface area contributed by atoms with Crippen molar-refractivity contribution >= 4 is 23.7 Å². The number of rotatable bonds is 6. The predicted octanol–water partition coefficient (Wildman–Crippen LogP) is 1.79. The molecular formula is C17H28N2O5. The van der Waals surface area contributed by atoms with Crippen molar-refractivity contribution in [3.8, 4) is 0 Å². The number of ketones is 1. The maximum absolute atomic E-state index is 12.9. The number of alkyl carbamates (subject to hydrolysis) is 1. The molecule has 1 fully saturated rings. The molecule has 0 saturated carbocycles. The van der Waals surface area contributed by atoms with Crippen molar-refractivity contribution in [2.75, 3.05) is 0 Å². The van der Waals surface area contributed by atoms with Gasteiger partial charge in [0.25, 0.3) is 0 Å². The van der Waals surface area contributed by atoms with E-state index in [-0.39, 0.29) is 5.92 Å². The summed E-state index contributed by atoms with van der Waals surface area (Å²) in [6.07, 6.45) is 0.601. The molecule has 24 heavy (non-hydrogen) atoms. The molecule has 0 aromatic rings. The third kappa shape index (κ3) is 4.79. The summed E-state index contributed by atoms with van der Waals surface area (Å²) in [5, 5.41) is 4.78. The van der Waals surface area contributed by atoms with E-state index in [1.54, 1.807) is 27.7 Å². The summed E-state index contributed by atoms with van der Waals surface area (Å²) in [7, 11) is 0. The van der Waals surface area contributed by atoms with Crippen LogP contribution in [0.3, 0.4) is 0 Å². The quantitative estimate of drug-likeness (QED) is 0.567. The fraction of sp³-hybridized carbons (Fsp3) is 0.765. The Kier molecular flexibility index (Phi) is 6.51. The second-order valence-corrected chi connectivity index (χ2v) is 7.22. The zero-order chi connectivity index (χ0) is 18.7. The van der Waals surface area contributed by atoms with Gasteiger partial charge in [0.05, 0.1) is 12.0 Å². The summed E-state index contributed by atoms with van der Waals surface area (Å²) < 4.78 is 5.23. The van der Waals surface area contributed by atoms with Crippen LogP contribution in [-0.4, -0.2) is 35.3 Å². The van der Waals surface area contributed by atoms with E-state index in [1.807, 2.05) is 13.8 Å². The SMILES string of the molecule is CCC(CC)C(NC(=O)OC(C)(C)C)C(=O)[C@@H]1C(=O)NC(=O)[C@H]1C. The van der Waals surface area contributed by atoms with Crippen LogP contribution in [-0.2, 0) is 19.1 Å². The van der Waals surface area contributed by atoms with Gasteiger partial charge in [-0.3, -0.25) is 19.7 Å². The smallest absolute Gasteiger partial charge is 0.408 e. The molecular weight excluding hydrogens is 312 g/mol. The van der Waals surface area contributed by atoms with Crippen molar-refractivity contribution in [1.82, 2.24) is 10.6 Å². The fourth-order valence-electron chi connectivity index (χ4n) is 2.88. The van der Waals surface area contributed by atoms with Crippen molar-refractivity contribution in [3.63, 3.8) is 0 Å². The Morgan fingerprint density at radius 3 is 2.08 bits per heavy atom. The first-order chi connectivity index (χ1) is 11.0. The van der Waals surface area contributed by atoms with Gasteiger partial charge in [0.2, 0.25) is 11.8 Å². The van der Waals surface area contributed by atoms with Gasteiger partial charge in [0, 0.05) is 0 Å². The highest BCUT2D eigenvalue weighted by Crippen LogP contribution is 2.25. The molecule has 1 saturated heterocycles. The average molecular weight is 340 g/mol. The van der Waals surface area contributed by atoms with E-state index in [0.29, 0.717) is 12.8 Å². The van der Waals surface area contributed by atoms with E-state index in [1.165, 1.54) is 0 Å². The maximum Gasteiger partial charge on any atom is 0.408 e. The molecule has 2 N–H and O–H groups in total. The first-order valence-corrected chi connectivity index (χ1v) is 8.39. The molecule has 0 aromatic heterocycles. The monoisotopic (exact) mass is 340 g/mol. The third-order valence-corrected chi connectivity index (χ3v) is 4.25. The lowest BCUT2D eigenvalue weighted by atomic mass is 9.82. The van der Waals surface area contributed by atoms with Crippen LogP contribution >= 0.6 is 0 Å². The van der Waals surface area contributed by atoms with E-state index in [4.69, 9.17) is 4.74 Å². The number of hydrogen-bond donors (Lipinski definition) is 2. The molecule has 0 spiro atoms. The number of hydrogen-bond acceptors (Lipinski definition) is 5. The number of Topliss-reactive ketones (excluding diaryl/α,β-unsaturated/α-hetero) is 1. The molecule has 1 heterocycles. The Balaban J connectivity index is 3.01. The van der Waals surface area contributed by atoms with Crippen molar-refractivity contribution in [3.05, 3.63) is 0 Å². The highest BCUT2D eigenvalue weighted by molar-refractivity contribution is 6.16. The van der Waals surface area contributed by atoms with E-state index in [0.717, 1.165) is 0 Å². The molecule has 0 radical (unpaired) electrons. The lowest BCUT2D eigenvalue weighted by molar-refractivity contribution is -0.135. The second kappa shape index (κ2) is 7.77. The molecule has 7 heteroatoms. The van der Waals surface area contributed by atoms with Crippen LogP contribution in [0.1, 0.15) is 54.4 Å². The fourth-order valence-corrected chi connectivity index (χ4v) is 2.88. The Bertz CT molecular complexity index is 520. The van der Waals surface area contributed by atoms with Gasteiger partial charge in [0.15, 0.2) is 5.78 Å². The minimum Gasteiger partial charge on any atom is -0.444 e. The highest BCUT2D eigenvalue weighted by Gasteiger charge is 2.47. The maximum atomic E-state index is 12.9. The summed E-state index contributed by atoms with van der Waals surface area (Å²) in [6.45, 7) is 10.5. The number of carbonyl (C=O) groups is 4. The molecule has 1 aliphatic heterocycles. The molecule has 3 amide bonds. The Morgan fingerprint density at radius 1 is 1.17 bits per heavy atom. The normalized spacial score (nSPS) is 22.3. The van der Waals surface area contributed by atoms with Gasteiger partial charge in [-0.1, -0.05) is 33.6 Å². The van der Waals surface area contributed by atoms with Crippen molar-refractivity contribution in [2.45, 2.75) is 66.0 Å². The van der Waals surface area contributed by atoms with Crippen LogP contribution in [0.5, 0.6) is 0 Å². The minimum absolute atomic E-state index is 0.138. The van der Waals surface area contributed by atoms with E-state index < -0.39 is 47.2 Å². The number of ether oxygens (including phenoxy) is 1. The first kappa shape index (κ1) is 20.1. The zero-order valence-corrected chi connectivity index (χ0v) is 15.3. The molecule has 7 nitrogen and oxygen atoms in total. The highest BCUT2D eigenvalue weighted by atomic mass is 16.6. The topological polar surface area (TPSA) is 102 Å². The molecule has 1 unspecified atom stereocenters. The molecule has 0 bridgehead atoms. The van der Waals surface area contributed by atoms with Gasteiger partial charge in [-0.15, -0.1) is 0 Å². The van der Waals surface area contributed by atoms with Gasteiger partial charge >= 0.3 is 6.09 Å². The van der Waals surface area contributed by atoms with Crippen LogP contribution in [0.15, 0.2) is 0 Å².